The highest BCUT2D eigenvalue weighted by Gasteiger charge is 2.30. The molecule has 112 valence electrons. The first-order valence-corrected chi connectivity index (χ1v) is 8.03. The van der Waals surface area contributed by atoms with E-state index in [0.717, 1.165) is 32.1 Å². The van der Waals surface area contributed by atoms with Crippen LogP contribution in [0.15, 0.2) is 42.5 Å². The molecule has 1 rings (SSSR count). The van der Waals surface area contributed by atoms with Crippen LogP contribution in [-0.4, -0.2) is 10.7 Å². The third-order valence-electron chi connectivity index (χ3n) is 4.33. The van der Waals surface area contributed by atoms with Crippen molar-refractivity contribution in [2.75, 3.05) is 0 Å². The van der Waals surface area contributed by atoms with Gasteiger partial charge in [0.15, 0.2) is 0 Å². The van der Waals surface area contributed by atoms with Crippen LogP contribution in [0.5, 0.6) is 0 Å². The molecule has 0 spiro atoms. The molecule has 2 unspecified atom stereocenters. The van der Waals surface area contributed by atoms with Crippen LogP contribution >= 0.6 is 0 Å². The zero-order valence-electron chi connectivity index (χ0n) is 13.3. The molecule has 0 radical (unpaired) electrons. The van der Waals surface area contributed by atoms with E-state index in [9.17, 15) is 5.11 Å². The zero-order chi connectivity index (χ0) is 14.8. The quantitative estimate of drug-likeness (QED) is 0.618. The van der Waals surface area contributed by atoms with E-state index in [1.807, 2.05) is 6.07 Å². The van der Waals surface area contributed by atoms with E-state index in [0.29, 0.717) is 5.92 Å². The Morgan fingerprint density at radius 2 is 1.85 bits per heavy atom. The monoisotopic (exact) mass is 274 g/mol. The molecule has 0 aliphatic carbocycles. The van der Waals surface area contributed by atoms with Crippen molar-refractivity contribution in [3.05, 3.63) is 48.0 Å². The Hall–Kier alpha value is -1.08. The molecule has 0 fully saturated rings. The lowest BCUT2D eigenvalue weighted by molar-refractivity contribution is -0.0219. The van der Waals surface area contributed by atoms with Gasteiger partial charge in [-0.1, -0.05) is 69.7 Å². The Balaban J connectivity index is 2.52. The second-order valence-electron chi connectivity index (χ2n) is 5.84. The van der Waals surface area contributed by atoms with E-state index in [4.69, 9.17) is 0 Å². The Kier molecular flexibility index (Phi) is 7.61. The number of hydrogen-bond donors (Lipinski definition) is 1. The molecule has 0 aliphatic heterocycles. The van der Waals surface area contributed by atoms with Gasteiger partial charge in [0.2, 0.25) is 0 Å². The number of allylic oxidation sites excluding steroid dienone is 2. The SMILES string of the molecule is CCCC=CCC(C)C(O)(CC)CCc1ccccc1. The van der Waals surface area contributed by atoms with Gasteiger partial charge in [0.25, 0.3) is 0 Å². The van der Waals surface area contributed by atoms with E-state index < -0.39 is 5.60 Å². The zero-order valence-corrected chi connectivity index (χ0v) is 13.3. The lowest BCUT2D eigenvalue weighted by Crippen LogP contribution is -2.36. The van der Waals surface area contributed by atoms with Gasteiger partial charge in [0.05, 0.1) is 5.60 Å². The largest absolute Gasteiger partial charge is 0.390 e. The highest BCUT2D eigenvalue weighted by molar-refractivity contribution is 5.15. The summed E-state index contributed by atoms with van der Waals surface area (Å²) in [6, 6.07) is 10.5. The van der Waals surface area contributed by atoms with Gasteiger partial charge >= 0.3 is 0 Å². The molecule has 1 nitrogen and oxygen atoms in total. The van der Waals surface area contributed by atoms with E-state index in [1.54, 1.807) is 0 Å². The molecule has 0 saturated heterocycles. The Bertz CT molecular complexity index is 382. The first-order chi connectivity index (χ1) is 9.62. The summed E-state index contributed by atoms with van der Waals surface area (Å²) in [5.41, 5.74) is 0.764. The fraction of sp³-hybridized carbons (Fsp3) is 0.579. The molecule has 0 aromatic heterocycles. The predicted molar refractivity (Wildman–Crippen MR) is 87.8 cm³/mol. The molecule has 0 bridgehead atoms. The lowest BCUT2D eigenvalue weighted by Gasteiger charge is -2.33. The van der Waals surface area contributed by atoms with Gasteiger partial charge in [0, 0.05) is 0 Å². The number of rotatable bonds is 9. The fourth-order valence-electron chi connectivity index (χ4n) is 2.58. The summed E-state index contributed by atoms with van der Waals surface area (Å²) in [7, 11) is 0. The Labute approximate surface area is 124 Å². The van der Waals surface area contributed by atoms with Gasteiger partial charge in [0.1, 0.15) is 0 Å². The van der Waals surface area contributed by atoms with Crippen LogP contribution < -0.4 is 0 Å². The summed E-state index contributed by atoms with van der Waals surface area (Å²) in [5, 5.41) is 10.9. The lowest BCUT2D eigenvalue weighted by atomic mass is 9.80. The molecule has 0 aliphatic rings. The minimum Gasteiger partial charge on any atom is -0.390 e. The molecule has 2 atom stereocenters. The van der Waals surface area contributed by atoms with Crippen molar-refractivity contribution in [1.29, 1.82) is 0 Å². The summed E-state index contributed by atoms with van der Waals surface area (Å²) < 4.78 is 0. The molecule has 1 aromatic rings. The molecular formula is C19H30O. The van der Waals surface area contributed by atoms with Crippen molar-refractivity contribution >= 4 is 0 Å². The van der Waals surface area contributed by atoms with Crippen LogP contribution in [0.4, 0.5) is 0 Å². The van der Waals surface area contributed by atoms with Crippen LogP contribution in [0, 0.1) is 5.92 Å². The summed E-state index contributed by atoms with van der Waals surface area (Å²) in [6.45, 7) is 6.46. The molecule has 0 amide bonds. The van der Waals surface area contributed by atoms with Crippen LogP contribution in [0.2, 0.25) is 0 Å². The Morgan fingerprint density at radius 1 is 1.15 bits per heavy atom. The maximum Gasteiger partial charge on any atom is 0.0676 e. The van der Waals surface area contributed by atoms with Crippen molar-refractivity contribution in [2.24, 2.45) is 5.92 Å². The molecule has 1 aromatic carbocycles. The number of benzene rings is 1. The molecule has 0 saturated carbocycles. The van der Waals surface area contributed by atoms with E-state index in [2.05, 4.69) is 57.2 Å². The summed E-state index contributed by atoms with van der Waals surface area (Å²) in [5.74, 6) is 0.310. The molecular weight excluding hydrogens is 244 g/mol. The van der Waals surface area contributed by atoms with Crippen LogP contribution in [0.25, 0.3) is 0 Å². The van der Waals surface area contributed by atoms with Gasteiger partial charge < -0.3 is 5.11 Å². The second kappa shape index (κ2) is 8.97. The number of aryl methyl sites for hydroxylation is 1. The predicted octanol–water partition coefficient (Wildman–Crippen LogP) is 5.14. The molecule has 1 N–H and O–H groups in total. The van der Waals surface area contributed by atoms with Crippen LogP contribution in [-0.2, 0) is 6.42 Å². The van der Waals surface area contributed by atoms with Crippen LogP contribution in [0.1, 0.15) is 58.4 Å². The van der Waals surface area contributed by atoms with Crippen molar-refractivity contribution < 1.29 is 5.11 Å². The topological polar surface area (TPSA) is 20.2 Å². The second-order valence-corrected chi connectivity index (χ2v) is 5.84. The number of unbranched alkanes of at least 4 members (excludes halogenated alkanes) is 1. The van der Waals surface area contributed by atoms with Gasteiger partial charge in [-0.15, -0.1) is 0 Å². The minimum atomic E-state index is -0.549. The minimum absolute atomic E-state index is 0.310. The average molecular weight is 274 g/mol. The first-order valence-electron chi connectivity index (χ1n) is 8.03. The highest BCUT2D eigenvalue weighted by Crippen LogP contribution is 2.29. The third-order valence-corrected chi connectivity index (χ3v) is 4.33. The standard InChI is InChI=1S/C19H30O/c1-4-6-7-9-12-17(3)19(20,5-2)16-15-18-13-10-8-11-14-18/h7-11,13-14,17,20H,4-6,12,15-16H2,1-3H3. The van der Waals surface area contributed by atoms with Crippen LogP contribution in [0.3, 0.4) is 0 Å². The molecule has 1 heteroatoms. The van der Waals surface area contributed by atoms with Gasteiger partial charge in [-0.3, -0.25) is 0 Å². The maximum atomic E-state index is 10.9. The maximum absolute atomic E-state index is 10.9. The first kappa shape index (κ1) is 17.0. The summed E-state index contributed by atoms with van der Waals surface area (Å²) in [6.07, 6.45) is 10.4. The fourth-order valence-corrected chi connectivity index (χ4v) is 2.58. The highest BCUT2D eigenvalue weighted by atomic mass is 16.3. The molecule has 20 heavy (non-hydrogen) atoms. The Morgan fingerprint density at radius 3 is 2.45 bits per heavy atom. The van der Waals surface area contributed by atoms with E-state index in [1.165, 1.54) is 12.0 Å². The van der Waals surface area contributed by atoms with Gasteiger partial charge in [-0.2, -0.15) is 0 Å². The van der Waals surface area contributed by atoms with Crippen molar-refractivity contribution in [1.82, 2.24) is 0 Å². The van der Waals surface area contributed by atoms with Crippen molar-refractivity contribution in [3.8, 4) is 0 Å². The third kappa shape index (κ3) is 5.50. The summed E-state index contributed by atoms with van der Waals surface area (Å²) in [4.78, 5) is 0. The smallest absolute Gasteiger partial charge is 0.0676 e. The van der Waals surface area contributed by atoms with Gasteiger partial charge in [-0.25, -0.2) is 0 Å². The van der Waals surface area contributed by atoms with E-state index in [-0.39, 0.29) is 0 Å². The summed E-state index contributed by atoms with van der Waals surface area (Å²) >= 11 is 0. The van der Waals surface area contributed by atoms with Crippen molar-refractivity contribution in [3.63, 3.8) is 0 Å². The number of hydrogen-bond acceptors (Lipinski definition) is 1. The van der Waals surface area contributed by atoms with Crippen molar-refractivity contribution in [2.45, 2.75) is 64.9 Å². The number of aliphatic hydroxyl groups is 1. The normalized spacial score (nSPS) is 16.2. The van der Waals surface area contributed by atoms with E-state index >= 15 is 0 Å². The average Bonchev–Trinajstić information content (AvgIpc) is 2.50. The molecule has 0 heterocycles. The van der Waals surface area contributed by atoms with Gasteiger partial charge in [-0.05, 0) is 43.6 Å².